The van der Waals surface area contributed by atoms with Crippen molar-refractivity contribution in [1.29, 1.82) is 0 Å². The molecule has 0 bridgehead atoms. The van der Waals surface area contributed by atoms with Gasteiger partial charge in [0, 0.05) is 51.6 Å². The number of amides is 2. The van der Waals surface area contributed by atoms with Crippen LogP contribution in [0.1, 0.15) is 24.5 Å². The van der Waals surface area contributed by atoms with E-state index >= 15 is 0 Å². The molecule has 1 heterocycles. The van der Waals surface area contributed by atoms with Crippen LogP contribution in [0, 0.1) is 5.92 Å². The Morgan fingerprint density at radius 1 is 0.897 bits per heavy atom. The van der Waals surface area contributed by atoms with Crippen LogP contribution in [0.3, 0.4) is 0 Å². The summed E-state index contributed by atoms with van der Waals surface area (Å²) in [6.07, 6.45) is 1.08. The summed E-state index contributed by atoms with van der Waals surface area (Å²) in [6.45, 7) is 6.55. The van der Waals surface area contributed by atoms with Gasteiger partial charge in [-0.1, -0.05) is 67.6 Å². The van der Waals surface area contributed by atoms with Crippen molar-refractivity contribution in [2.24, 2.45) is 5.92 Å². The molecule has 3 rings (SSSR count). The van der Waals surface area contributed by atoms with Crippen LogP contribution in [0.25, 0.3) is 0 Å². The van der Waals surface area contributed by atoms with Crippen LogP contribution in [-0.4, -0.2) is 54.3 Å². The van der Waals surface area contributed by atoms with Crippen LogP contribution in [0.4, 0.5) is 0 Å². The molecule has 0 radical (unpaired) electrons. The number of piperazine rings is 1. The molecule has 154 valence electrons. The molecule has 29 heavy (non-hydrogen) atoms. The third kappa shape index (κ3) is 6.71. The lowest BCUT2D eigenvalue weighted by Crippen LogP contribution is -2.48. The number of rotatable bonds is 8. The molecule has 2 aromatic carbocycles. The van der Waals surface area contributed by atoms with Crippen molar-refractivity contribution in [2.75, 3.05) is 32.7 Å². The van der Waals surface area contributed by atoms with Gasteiger partial charge in [-0.25, -0.2) is 0 Å². The molecule has 1 N–H and O–H groups in total. The fourth-order valence-corrected chi connectivity index (χ4v) is 3.68. The van der Waals surface area contributed by atoms with Crippen LogP contribution < -0.4 is 5.32 Å². The van der Waals surface area contributed by atoms with Gasteiger partial charge in [-0.15, -0.1) is 0 Å². The molecule has 1 aliphatic rings. The molecule has 5 nitrogen and oxygen atoms in total. The lowest BCUT2D eigenvalue weighted by molar-refractivity contribution is -0.133. The summed E-state index contributed by atoms with van der Waals surface area (Å²) in [7, 11) is 0. The van der Waals surface area contributed by atoms with Gasteiger partial charge in [0.2, 0.25) is 11.8 Å². The fraction of sp³-hybridized carbons (Fsp3) is 0.417. The second-order valence-corrected chi connectivity index (χ2v) is 7.77. The van der Waals surface area contributed by atoms with Crippen molar-refractivity contribution >= 4 is 11.8 Å². The molecule has 1 saturated heterocycles. The Kier molecular flexibility index (Phi) is 7.82. The van der Waals surface area contributed by atoms with E-state index in [1.165, 1.54) is 5.56 Å². The first-order valence-corrected chi connectivity index (χ1v) is 10.5. The van der Waals surface area contributed by atoms with Crippen molar-refractivity contribution in [3.8, 4) is 0 Å². The maximum atomic E-state index is 12.5. The van der Waals surface area contributed by atoms with Gasteiger partial charge in [-0.05, 0) is 17.5 Å². The zero-order chi connectivity index (χ0) is 20.5. The maximum Gasteiger partial charge on any atom is 0.224 e. The number of hydrogen-bond donors (Lipinski definition) is 1. The molecule has 2 aromatic rings. The molecule has 1 fully saturated rings. The third-order valence-corrected chi connectivity index (χ3v) is 5.44. The summed E-state index contributed by atoms with van der Waals surface area (Å²) >= 11 is 0. The molecule has 0 saturated carbocycles. The van der Waals surface area contributed by atoms with Crippen LogP contribution in [-0.2, 0) is 22.6 Å². The molecular formula is C24H31N3O2. The molecular weight excluding hydrogens is 362 g/mol. The van der Waals surface area contributed by atoms with Gasteiger partial charge in [-0.3, -0.25) is 14.5 Å². The standard InChI is InChI=1S/C24H31N3O2/c1-20(18-21-8-4-2-5-9-21)24(29)25-13-12-23(28)27-16-14-26(15-17-27)19-22-10-6-3-7-11-22/h2-11,20H,12-19H2,1H3,(H,25,29). The van der Waals surface area contributed by atoms with E-state index in [2.05, 4.69) is 34.5 Å². The van der Waals surface area contributed by atoms with E-state index < -0.39 is 0 Å². The number of benzene rings is 2. The Hall–Kier alpha value is -2.66. The summed E-state index contributed by atoms with van der Waals surface area (Å²) in [5.74, 6) is 0.0312. The predicted molar refractivity (Wildman–Crippen MR) is 115 cm³/mol. The Labute approximate surface area is 173 Å². The minimum atomic E-state index is -0.103. The quantitative estimate of drug-likeness (QED) is 0.750. The average Bonchev–Trinajstić information content (AvgIpc) is 2.75. The fourth-order valence-electron chi connectivity index (χ4n) is 3.68. The van der Waals surface area contributed by atoms with Crippen molar-refractivity contribution in [3.63, 3.8) is 0 Å². The summed E-state index contributed by atoms with van der Waals surface area (Å²) in [5, 5.41) is 2.92. The van der Waals surface area contributed by atoms with Gasteiger partial charge in [0.05, 0.1) is 0 Å². The van der Waals surface area contributed by atoms with E-state index in [0.717, 1.165) is 38.3 Å². The van der Waals surface area contributed by atoms with E-state index in [1.807, 2.05) is 48.2 Å². The van der Waals surface area contributed by atoms with Crippen LogP contribution >= 0.6 is 0 Å². The Bertz CT molecular complexity index is 771. The molecule has 1 atom stereocenters. The van der Waals surface area contributed by atoms with Gasteiger partial charge in [0.25, 0.3) is 0 Å². The highest BCUT2D eigenvalue weighted by Gasteiger charge is 2.21. The molecule has 0 aromatic heterocycles. The normalized spacial score (nSPS) is 15.7. The molecule has 2 amide bonds. The first-order valence-electron chi connectivity index (χ1n) is 10.5. The molecule has 5 heteroatoms. The minimum Gasteiger partial charge on any atom is -0.355 e. The van der Waals surface area contributed by atoms with Crippen LogP contribution in [0.15, 0.2) is 60.7 Å². The highest BCUT2D eigenvalue weighted by Crippen LogP contribution is 2.10. The number of carbonyl (C=O) groups is 2. The SMILES string of the molecule is CC(Cc1ccccc1)C(=O)NCCC(=O)N1CCN(Cc2ccccc2)CC1. The van der Waals surface area contributed by atoms with Crippen molar-refractivity contribution in [1.82, 2.24) is 15.1 Å². The van der Waals surface area contributed by atoms with Crippen LogP contribution in [0.5, 0.6) is 0 Å². The van der Waals surface area contributed by atoms with E-state index in [9.17, 15) is 9.59 Å². The second kappa shape index (κ2) is 10.8. The van der Waals surface area contributed by atoms with Crippen molar-refractivity contribution < 1.29 is 9.59 Å². The lowest BCUT2D eigenvalue weighted by atomic mass is 10.0. The first-order chi connectivity index (χ1) is 14.1. The number of hydrogen-bond acceptors (Lipinski definition) is 3. The van der Waals surface area contributed by atoms with E-state index in [-0.39, 0.29) is 17.7 Å². The molecule has 0 spiro atoms. The highest BCUT2D eigenvalue weighted by molar-refractivity contribution is 5.80. The first kappa shape index (κ1) is 21.1. The number of nitrogens with one attached hydrogen (secondary N) is 1. The predicted octanol–water partition coefficient (Wildman–Crippen LogP) is 2.72. The van der Waals surface area contributed by atoms with Crippen LogP contribution in [0.2, 0.25) is 0 Å². The zero-order valence-electron chi connectivity index (χ0n) is 17.2. The van der Waals surface area contributed by atoms with Crippen molar-refractivity contribution in [2.45, 2.75) is 26.3 Å². The van der Waals surface area contributed by atoms with E-state index in [1.54, 1.807) is 0 Å². The van der Waals surface area contributed by atoms with Gasteiger partial charge >= 0.3 is 0 Å². The Morgan fingerprint density at radius 2 is 1.48 bits per heavy atom. The molecule has 0 aliphatic carbocycles. The Morgan fingerprint density at radius 3 is 2.10 bits per heavy atom. The van der Waals surface area contributed by atoms with E-state index in [0.29, 0.717) is 19.4 Å². The third-order valence-electron chi connectivity index (χ3n) is 5.44. The largest absolute Gasteiger partial charge is 0.355 e. The van der Waals surface area contributed by atoms with Gasteiger partial charge < -0.3 is 10.2 Å². The van der Waals surface area contributed by atoms with E-state index in [4.69, 9.17) is 0 Å². The summed E-state index contributed by atoms with van der Waals surface area (Å²) in [5.41, 5.74) is 2.46. The number of nitrogens with zero attached hydrogens (tertiary/aromatic N) is 2. The summed E-state index contributed by atoms with van der Waals surface area (Å²) < 4.78 is 0. The topological polar surface area (TPSA) is 52.7 Å². The van der Waals surface area contributed by atoms with Gasteiger partial charge in [-0.2, -0.15) is 0 Å². The zero-order valence-corrected chi connectivity index (χ0v) is 17.2. The number of carbonyl (C=O) groups excluding carboxylic acids is 2. The van der Waals surface area contributed by atoms with Crippen molar-refractivity contribution in [3.05, 3.63) is 71.8 Å². The second-order valence-electron chi connectivity index (χ2n) is 7.77. The summed E-state index contributed by atoms with van der Waals surface area (Å²) in [4.78, 5) is 29.0. The summed E-state index contributed by atoms with van der Waals surface area (Å²) in [6, 6.07) is 20.4. The van der Waals surface area contributed by atoms with Gasteiger partial charge in [0.1, 0.15) is 0 Å². The maximum absolute atomic E-state index is 12.5. The monoisotopic (exact) mass is 393 g/mol. The average molecular weight is 394 g/mol. The highest BCUT2D eigenvalue weighted by atomic mass is 16.2. The minimum absolute atomic E-state index is 0.00864. The molecule has 1 aliphatic heterocycles. The Balaban J connectivity index is 1.33. The smallest absolute Gasteiger partial charge is 0.224 e. The molecule has 1 unspecified atom stereocenters. The van der Waals surface area contributed by atoms with Gasteiger partial charge in [0.15, 0.2) is 0 Å². The lowest BCUT2D eigenvalue weighted by Gasteiger charge is -2.34.